The first-order valence-electron chi connectivity index (χ1n) is 10.1. The molecule has 1 amide bonds. The highest BCUT2D eigenvalue weighted by Crippen LogP contribution is 2.29. The SMILES string of the molecule is CCCCCCCCCCCC(=O)NCc1cc(I)c(OCCO)c(I)c1. The van der Waals surface area contributed by atoms with E-state index in [0.29, 0.717) is 19.6 Å². The summed E-state index contributed by atoms with van der Waals surface area (Å²) in [4.78, 5) is 12.0. The quantitative estimate of drug-likeness (QED) is 0.197. The van der Waals surface area contributed by atoms with E-state index in [2.05, 4.69) is 57.4 Å². The summed E-state index contributed by atoms with van der Waals surface area (Å²) < 4.78 is 7.55. The molecule has 4 nitrogen and oxygen atoms in total. The molecule has 0 aliphatic rings. The second-order valence-corrected chi connectivity index (χ2v) is 9.14. The van der Waals surface area contributed by atoms with Crippen LogP contribution in [0.3, 0.4) is 0 Å². The number of amides is 1. The fraction of sp³-hybridized carbons (Fsp3) is 0.667. The molecule has 1 rings (SSSR count). The predicted molar refractivity (Wildman–Crippen MR) is 128 cm³/mol. The summed E-state index contributed by atoms with van der Waals surface area (Å²) in [6, 6.07) is 4.04. The topological polar surface area (TPSA) is 58.6 Å². The van der Waals surface area contributed by atoms with Crippen molar-refractivity contribution in [3.8, 4) is 5.75 Å². The van der Waals surface area contributed by atoms with E-state index in [1.54, 1.807) is 0 Å². The maximum atomic E-state index is 12.0. The average molecular weight is 601 g/mol. The van der Waals surface area contributed by atoms with E-state index in [0.717, 1.165) is 31.3 Å². The number of benzene rings is 1. The summed E-state index contributed by atoms with van der Waals surface area (Å²) in [6.07, 6.45) is 12.0. The molecule has 0 saturated carbocycles. The van der Waals surface area contributed by atoms with Gasteiger partial charge in [0.05, 0.1) is 13.7 Å². The van der Waals surface area contributed by atoms with Crippen molar-refractivity contribution >= 4 is 51.1 Å². The second kappa shape index (κ2) is 15.8. The third-order valence-corrected chi connectivity index (χ3v) is 6.00. The smallest absolute Gasteiger partial charge is 0.220 e. The first-order chi connectivity index (χ1) is 13.1. The molecule has 2 N–H and O–H groups in total. The fourth-order valence-electron chi connectivity index (χ4n) is 2.89. The van der Waals surface area contributed by atoms with Crippen LogP contribution in [0.1, 0.15) is 76.7 Å². The first-order valence-corrected chi connectivity index (χ1v) is 12.2. The minimum Gasteiger partial charge on any atom is -0.489 e. The summed E-state index contributed by atoms with van der Waals surface area (Å²) in [5, 5.41) is 11.9. The average Bonchev–Trinajstić information content (AvgIpc) is 2.64. The third kappa shape index (κ3) is 11.5. The fourth-order valence-corrected chi connectivity index (χ4v) is 5.09. The molecule has 6 heteroatoms. The highest BCUT2D eigenvalue weighted by Gasteiger charge is 2.10. The lowest BCUT2D eigenvalue weighted by Gasteiger charge is -2.12. The van der Waals surface area contributed by atoms with E-state index in [1.165, 1.54) is 44.9 Å². The van der Waals surface area contributed by atoms with Crippen molar-refractivity contribution in [3.63, 3.8) is 0 Å². The first kappa shape index (κ1) is 24.9. The van der Waals surface area contributed by atoms with Crippen LogP contribution < -0.4 is 10.1 Å². The Morgan fingerprint density at radius 1 is 1.00 bits per heavy atom. The largest absolute Gasteiger partial charge is 0.489 e. The van der Waals surface area contributed by atoms with Gasteiger partial charge in [0.25, 0.3) is 0 Å². The standard InChI is InChI=1S/C21H33I2NO3/c1-2-3-4-5-6-7-8-9-10-11-20(26)24-16-17-14-18(22)21(19(23)15-17)27-13-12-25/h14-15,25H,2-13,16H2,1H3,(H,24,26). The Hall–Kier alpha value is -0.0900. The van der Waals surface area contributed by atoms with Crippen LogP contribution in [0.15, 0.2) is 12.1 Å². The molecular formula is C21H33I2NO3. The molecule has 0 spiro atoms. The lowest BCUT2D eigenvalue weighted by Crippen LogP contribution is -2.22. The van der Waals surface area contributed by atoms with E-state index in [4.69, 9.17) is 9.84 Å². The Morgan fingerprint density at radius 3 is 2.11 bits per heavy atom. The van der Waals surface area contributed by atoms with Gasteiger partial charge in [-0.3, -0.25) is 4.79 Å². The minimum absolute atomic E-state index is 0.00280. The number of carbonyl (C=O) groups is 1. The Kier molecular flexibility index (Phi) is 14.6. The van der Waals surface area contributed by atoms with Gasteiger partial charge in [0.1, 0.15) is 12.4 Å². The molecule has 27 heavy (non-hydrogen) atoms. The van der Waals surface area contributed by atoms with Gasteiger partial charge in [0.2, 0.25) is 5.91 Å². The zero-order chi connectivity index (χ0) is 19.9. The van der Waals surface area contributed by atoms with Crippen molar-refractivity contribution in [2.24, 2.45) is 0 Å². The maximum absolute atomic E-state index is 12.0. The summed E-state index contributed by atoms with van der Waals surface area (Å²) in [6.45, 7) is 3.08. The molecule has 0 radical (unpaired) electrons. The zero-order valence-electron chi connectivity index (χ0n) is 16.4. The van der Waals surface area contributed by atoms with Gasteiger partial charge < -0.3 is 15.2 Å². The van der Waals surface area contributed by atoms with Crippen LogP contribution in [-0.2, 0) is 11.3 Å². The lowest BCUT2D eigenvalue weighted by atomic mass is 10.1. The molecule has 0 saturated heterocycles. The molecule has 0 bridgehead atoms. The normalized spacial score (nSPS) is 10.8. The monoisotopic (exact) mass is 601 g/mol. The van der Waals surface area contributed by atoms with Crippen LogP contribution in [0, 0.1) is 7.14 Å². The summed E-state index contributed by atoms with van der Waals surface area (Å²) >= 11 is 4.46. The number of carbonyl (C=O) groups excluding carboxylic acids is 1. The number of nitrogens with one attached hydrogen (secondary N) is 1. The van der Waals surface area contributed by atoms with Crippen LogP contribution in [0.4, 0.5) is 0 Å². The Bertz CT molecular complexity index is 529. The molecule has 1 aromatic carbocycles. The van der Waals surface area contributed by atoms with Crippen molar-refractivity contribution in [2.75, 3.05) is 13.2 Å². The highest BCUT2D eigenvalue weighted by molar-refractivity contribution is 14.1. The van der Waals surface area contributed by atoms with Gasteiger partial charge in [-0.25, -0.2) is 0 Å². The van der Waals surface area contributed by atoms with E-state index in [-0.39, 0.29) is 12.5 Å². The van der Waals surface area contributed by atoms with Gasteiger partial charge in [0, 0.05) is 13.0 Å². The van der Waals surface area contributed by atoms with Crippen LogP contribution in [0.25, 0.3) is 0 Å². The number of aliphatic hydroxyl groups excluding tert-OH is 1. The molecule has 154 valence electrons. The van der Waals surface area contributed by atoms with Crippen LogP contribution in [-0.4, -0.2) is 24.2 Å². The number of hydrogen-bond acceptors (Lipinski definition) is 3. The van der Waals surface area contributed by atoms with Gasteiger partial charge in [0.15, 0.2) is 0 Å². The molecule has 0 aromatic heterocycles. The molecule has 0 aliphatic carbocycles. The molecule has 0 heterocycles. The Morgan fingerprint density at radius 2 is 1.56 bits per heavy atom. The van der Waals surface area contributed by atoms with Crippen molar-refractivity contribution in [3.05, 3.63) is 24.8 Å². The molecule has 0 aliphatic heterocycles. The predicted octanol–water partition coefficient (Wildman–Crippen LogP) is 5.80. The van der Waals surface area contributed by atoms with Crippen LogP contribution in [0.5, 0.6) is 5.75 Å². The summed E-state index contributed by atoms with van der Waals surface area (Å²) in [7, 11) is 0. The van der Waals surface area contributed by atoms with Crippen LogP contribution >= 0.6 is 45.2 Å². The van der Waals surface area contributed by atoms with Crippen molar-refractivity contribution < 1.29 is 14.6 Å². The number of rotatable bonds is 15. The van der Waals surface area contributed by atoms with Crippen molar-refractivity contribution in [2.45, 2.75) is 77.7 Å². The molecule has 1 aromatic rings. The van der Waals surface area contributed by atoms with Gasteiger partial charge in [-0.05, 0) is 69.3 Å². The van der Waals surface area contributed by atoms with Crippen molar-refractivity contribution in [1.29, 1.82) is 0 Å². The zero-order valence-corrected chi connectivity index (χ0v) is 20.7. The van der Waals surface area contributed by atoms with Gasteiger partial charge in [-0.15, -0.1) is 0 Å². The van der Waals surface area contributed by atoms with Gasteiger partial charge >= 0.3 is 0 Å². The number of aliphatic hydroxyl groups is 1. The Labute approximate surface area is 191 Å². The number of unbranched alkanes of at least 4 members (excludes halogenated alkanes) is 8. The summed E-state index contributed by atoms with van der Waals surface area (Å²) in [5.74, 6) is 0.929. The van der Waals surface area contributed by atoms with Gasteiger partial charge in [-0.2, -0.15) is 0 Å². The van der Waals surface area contributed by atoms with E-state index >= 15 is 0 Å². The number of halogens is 2. The Balaban J connectivity index is 2.19. The third-order valence-electron chi connectivity index (χ3n) is 4.39. The maximum Gasteiger partial charge on any atom is 0.220 e. The van der Waals surface area contributed by atoms with E-state index in [1.807, 2.05) is 12.1 Å². The van der Waals surface area contributed by atoms with Crippen LogP contribution in [0.2, 0.25) is 0 Å². The van der Waals surface area contributed by atoms with Gasteiger partial charge in [-0.1, -0.05) is 58.3 Å². The van der Waals surface area contributed by atoms with E-state index < -0.39 is 0 Å². The second-order valence-electron chi connectivity index (χ2n) is 6.82. The molecule has 0 fully saturated rings. The van der Waals surface area contributed by atoms with E-state index in [9.17, 15) is 4.79 Å². The number of ether oxygens (including phenoxy) is 1. The lowest BCUT2D eigenvalue weighted by molar-refractivity contribution is -0.121. The minimum atomic E-state index is 0.00280. The van der Waals surface area contributed by atoms with Crippen molar-refractivity contribution in [1.82, 2.24) is 5.32 Å². The molecular weight excluding hydrogens is 568 g/mol. The number of hydrogen-bond donors (Lipinski definition) is 2. The summed E-state index contributed by atoms with van der Waals surface area (Å²) in [5.41, 5.74) is 1.07. The molecule has 0 unspecified atom stereocenters. The highest BCUT2D eigenvalue weighted by atomic mass is 127. The molecule has 0 atom stereocenters.